The maximum atomic E-state index is 13.3. The highest BCUT2D eigenvalue weighted by Gasteiger charge is 2.16. The Balaban J connectivity index is 1.86. The molecule has 0 aliphatic heterocycles. The van der Waals surface area contributed by atoms with Crippen LogP contribution in [0.15, 0.2) is 91.1 Å². The molecular weight excluding hydrogens is 334 g/mol. The van der Waals surface area contributed by atoms with Gasteiger partial charge in [0.2, 0.25) is 5.78 Å². The van der Waals surface area contributed by atoms with E-state index in [1.54, 1.807) is 7.11 Å². The minimum Gasteiger partial charge on any atom is -0.497 e. The lowest BCUT2D eigenvalue weighted by Crippen LogP contribution is -2.08. The Morgan fingerprint density at radius 2 is 1.56 bits per heavy atom. The number of nitrogens with zero attached hydrogens (tertiary/aromatic N) is 1. The molecule has 3 aromatic carbocycles. The SMILES string of the molecule is COc1ccc(/C=C(/C(=O)c2ccccc2)n2ccc3ccccc32)cc1. The van der Waals surface area contributed by atoms with Gasteiger partial charge < -0.3 is 9.30 Å². The summed E-state index contributed by atoms with van der Waals surface area (Å²) in [5.41, 5.74) is 3.21. The van der Waals surface area contributed by atoms with Gasteiger partial charge in [-0.25, -0.2) is 0 Å². The van der Waals surface area contributed by atoms with Crippen molar-refractivity contribution in [3.8, 4) is 5.75 Å². The molecule has 0 aliphatic carbocycles. The molecule has 4 aromatic rings. The number of methoxy groups -OCH3 is 1. The van der Waals surface area contributed by atoms with Gasteiger partial charge >= 0.3 is 0 Å². The first-order valence-corrected chi connectivity index (χ1v) is 8.78. The molecule has 1 aromatic heterocycles. The van der Waals surface area contributed by atoms with Crippen LogP contribution in [0, 0.1) is 0 Å². The molecular formula is C24H19NO2. The minimum atomic E-state index is -0.0206. The monoisotopic (exact) mass is 353 g/mol. The third-order valence-corrected chi connectivity index (χ3v) is 4.55. The molecule has 0 bridgehead atoms. The number of hydrogen-bond donors (Lipinski definition) is 0. The van der Waals surface area contributed by atoms with Crippen molar-refractivity contribution < 1.29 is 9.53 Å². The quantitative estimate of drug-likeness (QED) is 0.349. The lowest BCUT2D eigenvalue weighted by atomic mass is 10.1. The van der Waals surface area contributed by atoms with Gasteiger partial charge in [-0.3, -0.25) is 4.79 Å². The molecule has 4 rings (SSSR count). The summed E-state index contributed by atoms with van der Waals surface area (Å²) in [6.07, 6.45) is 3.86. The van der Waals surface area contributed by atoms with Crippen molar-refractivity contribution in [3.05, 3.63) is 102 Å². The number of carbonyl (C=O) groups is 1. The maximum absolute atomic E-state index is 13.3. The van der Waals surface area contributed by atoms with Gasteiger partial charge in [0.05, 0.1) is 18.3 Å². The number of ketones is 1. The molecule has 27 heavy (non-hydrogen) atoms. The van der Waals surface area contributed by atoms with E-state index in [9.17, 15) is 4.79 Å². The fourth-order valence-electron chi connectivity index (χ4n) is 3.13. The van der Waals surface area contributed by atoms with Crippen molar-refractivity contribution >= 4 is 28.5 Å². The number of carbonyl (C=O) groups excluding carboxylic acids is 1. The predicted molar refractivity (Wildman–Crippen MR) is 110 cm³/mol. The summed E-state index contributed by atoms with van der Waals surface area (Å²) in [6.45, 7) is 0. The van der Waals surface area contributed by atoms with E-state index in [1.165, 1.54) is 0 Å². The molecule has 0 spiro atoms. The number of para-hydroxylation sites is 1. The fraction of sp³-hybridized carbons (Fsp3) is 0.0417. The van der Waals surface area contributed by atoms with Crippen LogP contribution in [0.5, 0.6) is 5.75 Å². The van der Waals surface area contributed by atoms with Gasteiger partial charge in [0.1, 0.15) is 5.75 Å². The Bertz CT molecular complexity index is 1110. The van der Waals surface area contributed by atoms with Crippen LogP contribution >= 0.6 is 0 Å². The van der Waals surface area contributed by atoms with Crippen molar-refractivity contribution in [1.82, 2.24) is 4.57 Å². The summed E-state index contributed by atoms with van der Waals surface area (Å²) in [6, 6.07) is 27.1. The van der Waals surface area contributed by atoms with E-state index in [1.807, 2.05) is 102 Å². The van der Waals surface area contributed by atoms with Gasteiger partial charge in [0.25, 0.3) is 0 Å². The summed E-state index contributed by atoms with van der Waals surface area (Å²) < 4.78 is 7.18. The van der Waals surface area contributed by atoms with Crippen LogP contribution in [0.25, 0.3) is 22.7 Å². The molecule has 0 N–H and O–H groups in total. The lowest BCUT2D eigenvalue weighted by molar-refractivity contribution is 0.105. The standard InChI is InChI=1S/C24H19NO2/c1-27-21-13-11-18(12-14-21)17-23(24(26)20-8-3-2-4-9-20)25-16-15-19-7-5-6-10-22(19)25/h2-17H,1H3/b23-17-. The fourth-order valence-corrected chi connectivity index (χ4v) is 3.13. The Hall–Kier alpha value is -3.59. The number of benzene rings is 3. The van der Waals surface area contributed by atoms with E-state index < -0.39 is 0 Å². The van der Waals surface area contributed by atoms with E-state index in [-0.39, 0.29) is 5.78 Å². The first-order chi connectivity index (χ1) is 13.3. The molecule has 1 heterocycles. The van der Waals surface area contributed by atoms with E-state index in [4.69, 9.17) is 4.74 Å². The molecule has 3 heteroatoms. The van der Waals surface area contributed by atoms with Crippen molar-refractivity contribution in [3.63, 3.8) is 0 Å². The summed E-state index contributed by atoms with van der Waals surface area (Å²) in [5, 5.41) is 1.10. The van der Waals surface area contributed by atoms with Crippen molar-refractivity contribution in [2.75, 3.05) is 7.11 Å². The number of aromatic nitrogens is 1. The lowest BCUT2D eigenvalue weighted by Gasteiger charge is -2.11. The Labute approximate surface area is 158 Å². The molecule has 3 nitrogen and oxygen atoms in total. The van der Waals surface area contributed by atoms with Crippen molar-refractivity contribution in [1.29, 1.82) is 0 Å². The topological polar surface area (TPSA) is 31.2 Å². The number of allylic oxidation sites excluding steroid dienone is 1. The third-order valence-electron chi connectivity index (χ3n) is 4.55. The van der Waals surface area contributed by atoms with E-state index in [0.29, 0.717) is 11.3 Å². The maximum Gasteiger partial charge on any atom is 0.209 e. The van der Waals surface area contributed by atoms with Crippen molar-refractivity contribution in [2.24, 2.45) is 0 Å². The zero-order valence-corrected chi connectivity index (χ0v) is 15.0. The van der Waals surface area contributed by atoms with Crippen LogP contribution in [0.3, 0.4) is 0 Å². The predicted octanol–water partition coefficient (Wildman–Crippen LogP) is 5.53. The highest BCUT2D eigenvalue weighted by Crippen LogP contribution is 2.25. The first kappa shape index (κ1) is 16.9. The second kappa shape index (κ2) is 7.34. The first-order valence-electron chi connectivity index (χ1n) is 8.78. The molecule has 0 amide bonds. The average molecular weight is 353 g/mol. The van der Waals surface area contributed by atoms with Crippen LogP contribution in [0.2, 0.25) is 0 Å². The van der Waals surface area contributed by atoms with Crippen molar-refractivity contribution in [2.45, 2.75) is 0 Å². The number of rotatable bonds is 5. The number of Topliss-reactive ketones (excluding diaryl/α,β-unsaturated/α-hetero) is 1. The van der Waals surface area contributed by atoms with E-state index >= 15 is 0 Å². The van der Waals surface area contributed by atoms with Gasteiger partial charge in [-0.05, 0) is 41.3 Å². The normalized spacial score (nSPS) is 11.5. The molecule has 0 saturated carbocycles. The Kier molecular flexibility index (Phi) is 4.58. The summed E-state index contributed by atoms with van der Waals surface area (Å²) in [5.74, 6) is 0.766. The number of hydrogen-bond acceptors (Lipinski definition) is 2. The molecule has 0 fully saturated rings. The largest absolute Gasteiger partial charge is 0.497 e. The van der Waals surface area contributed by atoms with Gasteiger partial charge in [-0.1, -0.05) is 60.7 Å². The number of fused-ring (bicyclic) bond motifs is 1. The molecule has 0 unspecified atom stereocenters. The van der Waals surface area contributed by atoms with Gasteiger partial charge in [0, 0.05) is 11.8 Å². The molecule has 132 valence electrons. The summed E-state index contributed by atoms with van der Waals surface area (Å²) in [7, 11) is 1.64. The highest BCUT2D eigenvalue weighted by atomic mass is 16.5. The van der Waals surface area contributed by atoms with E-state index in [2.05, 4.69) is 0 Å². The second-order valence-electron chi connectivity index (χ2n) is 6.24. The molecule has 0 radical (unpaired) electrons. The second-order valence-corrected chi connectivity index (χ2v) is 6.24. The molecule has 0 aliphatic rings. The molecule has 0 saturated heterocycles. The van der Waals surface area contributed by atoms with Crippen LogP contribution in [0.1, 0.15) is 15.9 Å². The van der Waals surface area contributed by atoms with Crippen LogP contribution in [0.4, 0.5) is 0 Å². The Morgan fingerprint density at radius 1 is 0.852 bits per heavy atom. The smallest absolute Gasteiger partial charge is 0.209 e. The van der Waals surface area contributed by atoms with Gasteiger partial charge in [-0.15, -0.1) is 0 Å². The third kappa shape index (κ3) is 3.40. The highest BCUT2D eigenvalue weighted by molar-refractivity contribution is 6.28. The average Bonchev–Trinajstić information content (AvgIpc) is 3.16. The summed E-state index contributed by atoms with van der Waals surface area (Å²) in [4.78, 5) is 13.3. The zero-order valence-electron chi connectivity index (χ0n) is 15.0. The molecule has 0 atom stereocenters. The van der Waals surface area contributed by atoms with Gasteiger partial charge in [-0.2, -0.15) is 0 Å². The number of ether oxygens (including phenoxy) is 1. The van der Waals surface area contributed by atoms with Crippen LogP contribution < -0.4 is 4.74 Å². The minimum absolute atomic E-state index is 0.0206. The Morgan fingerprint density at radius 3 is 2.30 bits per heavy atom. The van der Waals surface area contributed by atoms with Crippen LogP contribution in [-0.4, -0.2) is 17.5 Å². The zero-order chi connectivity index (χ0) is 18.6. The van der Waals surface area contributed by atoms with Crippen LogP contribution in [-0.2, 0) is 0 Å². The van der Waals surface area contributed by atoms with Gasteiger partial charge in [0.15, 0.2) is 0 Å². The van der Waals surface area contributed by atoms with E-state index in [0.717, 1.165) is 22.2 Å². The summed E-state index contributed by atoms with van der Waals surface area (Å²) >= 11 is 0.